The van der Waals surface area contributed by atoms with Gasteiger partial charge in [0.1, 0.15) is 11.5 Å². The Labute approximate surface area is 146 Å². The minimum absolute atomic E-state index is 0.108. The van der Waals surface area contributed by atoms with Gasteiger partial charge in [0.15, 0.2) is 6.61 Å². The summed E-state index contributed by atoms with van der Waals surface area (Å²) in [6.07, 6.45) is 1.50. The molecule has 6 heteroatoms. The summed E-state index contributed by atoms with van der Waals surface area (Å²) >= 11 is 6.02. The lowest BCUT2D eigenvalue weighted by atomic mass is 10.1. The Balaban J connectivity index is 1.84. The average Bonchev–Trinajstić information content (AvgIpc) is 2.56. The van der Waals surface area contributed by atoms with Crippen molar-refractivity contribution in [2.45, 2.75) is 13.8 Å². The molecule has 0 heterocycles. The third-order valence-electron chi connectivity index (χ3n) is 3.43. The van der Waals surface area contributed by atoms with E-state index in [0.29, 0.717) is 16.5 Å². The van der Waals surface area contributed by atoms with E-state index in [4.69, 9.17) is 21.1 Å². The lowest BCUT2D eigenvalue weighted by Gasteiger charge is -2.07. The first-order valence-electron chi connectivity index (χ1n) is 7.35. The molecule has 5 nitrogen and oxygen atoms in total. The van der Waals surface area contributed by atoms with Crippen LogP contribution in [0.2, 0.25) is 5.02 Å². The van der Waals surface area contributed by atoms with Crippen molar-refractivity contribution in [1.29, 1.82) is 0 Å². The molecule has 2 aromatic carbocycles. The minimum Gasteiger partial charge on any atom is -0.495 e. The molecule has 0 aliphatic rings. The lowest BCUT2D eigenvalue weighted by molar-refractivity contribution is -0.123. The predicted octanol–water partition coefficient (Wildman–Crippen LogP) is 3.49. The summed E-state index contributed by atoms with van der Waals surface area (Å²) in [4.78, 5) is 11.7. The van der Waals surface area contributed by atoms with Gasteiger partial charge in [0.25, 0.3) is 5.91 Å². The van der Waals surface area contributed by atoms with Crippen molar-refractivity contribution in [3.63, 3.8) is 0 Å². The SMILES string of the molecule is COc1ccc(/C=N\NC(=O)COc2ccc(C)c(C)c2)cc1Cl. The van der Waals surface area contributed by atoms with Crippen molar-refractivity contribution in [3.8, 4) is 11.5 Å². The van der Waals surface area contributed by atoms with E-state index < -0.39 is 0 Å². The third-order valence-corrected chi connectivity index (χ3v) is 3.72. The number of aryl methyl sites for hydroxylation is 2. The molecule has 0 saturated carbocycles. The van der Waals surface area contributed by atoms with E-state index in [9.17, 15) is 4.79 Å². The number of halogens is 1. The first kappa shape index (κ1) is 17.8. The third kappa shape index (κ3) is 4.99. The second-order valence-electron chi connectivity index (χ2n) is 5.22. The molecule has 0 aliphatic carbocycles. The van der Waals surface area contributed by atoms with Gasteiger partial charge < -0.3 is 9.47 Å². The van der Waals surface area contributed by atoms with E-state index in [-0.39, 0.29) is 12.5 Å². The molecule has 2 rings (SSSR count). The van der Waals surface area contributed by atoms with Crippen LogP contribution in [0.3, 0.4) is 0 Å². The van der Waals surface area contributed by atoms with Crippen LogP contribution in [0.25, 0.3) is 0 Å². The van der Waals surface area contributed by atoms with Gasteiger partial charge in [-0.15, -0.1) is 0 Å². The molecule has 0 aliphatic heterocycles. The molecule has 0 unspecified atom stereocenters. The molecule has 0 saturated heterocycles. The first-order valence-corrected chi connectivity index (χ1v) is 7.73. The molecule has 2 aromatic rings. The van der Waals surface area contributed by atoms with Gasteiger partial charge >= 0.3 is 0 Å². The zero-order valence-corrected chi connectivity index (χ0v) is 14.6. The molecular weight excluding hydrogens is 328 g/mol. The monoisotopic (exact) mass is 346 g/mol. The largest absolute Gasteiger partial charge is 0.495 e. The Morgan fingerprint density at radius 1 is 1.21 bits per heavy atom. The van der Waals surface area contributed by atoms with Crippen molar-refractivity contribution in [2.75, 3.05) is 13.7 Å². The van der Waals surface area contributed by atoms with Crippen molar-refractivity contribution in [3.05, 3.63) is 58.1 Å². The minimum atomic E-state index is -0.343. The number of hydrogen-bond acceptors (Lipinski definition) is 4. The molecule has 24 heavy (non-hydrogen) atoms. The van der Waals surface area contributed by atoms with Crippen molar-refractivity contribution in [2.24, 2.45) is 5.10 Å². The molecule has 1 N–H and O–H groups in total. The van der Waals surface area contributed by atoms with Crippen LogP contribution in [0.4, 0.5) is 0 Å². The van der Waals surface area contributed by atoms with E-state index in [1.807, 2.05) is 32.0 Å². The van der Waals surface area contributed by atoms with Crippen LogP contribution in [0.15, 0.2) is 41.5 Å². The molecular formula is C18H19ClN2O3. The Morgan fingerprint density at radius 2 is 2.00 bits per heavy atom. The number of methoxy groups -OCH3 is 1. The number of nitrogens with zero attached hydrogens (tertiary/aromatic N) is 1. The highest BCUT2D eigenvalue weighted by Gasteiger charge is 2.03. The van der Waals surface area contributed by atoms with Crippen LogP contribution in [-0.2, 0) is 4.79 Å². The molecule has 126 valence electrons. The molecule has 0 spiro atoms. The quantitative estimate of drug-likeness (QED) is 0.643. The van der Waals surface area contributed by atoms with Crippen molar-refractivity contribution >= 4 is 23.7 Å². The summed E-state index contributed by atoms with van der Waals surface area (Å²) in [5, 5.41) is 4.36. The highest BCUT2D eigenvalue weighted by molar-refractivity contribution is 6.32. The second-order valence-corrected chi connectivity index (χ2v) is 5.63. The maximum Gasteiger partial charge on any atom is 0.277 e. The number of ether oxygens (including phenoxy) is 2. The molecule has 0 aromatic heterocycles. The summed E-state index contributed by atoms with van der Waals surface area (Å²) in [6.45, 7) is 3.90. The Bertz CT molecular complexity index is 760. The van der Waals surface area contributed by atoms with Gasteiger partial charge in [-0.2, -0.15) is 5.10 Å². The number of nitrogens with one attached hydrogen (secondary N) is 1. The van der Waals surface area contributed by atoms with E-state index >= 15 is 0 Å². The van der Waals surface area contributed by atoms with Gasteiger partial charge in [-0.05, 0) is 60.9 Å². The second kappa shape index (κ2) is 8.36. The summed E-state index contributed by atoms with van der Waals surface area (Å²) < 4.78 is 10.5. The van der Waals surface area contributed by atoms with Crippen LogP contribution in [-0.4, -0.2) is 25.8 Å². The van der Waals surface area contributed by atoms with Gasteiger partial charge in [0.2, 0.25) is 0 Å². The van der Waals surface area contributed by atoms with E-state index in [0.717, 1.165) is 11.1 Å². The molecule has 0 bridgehead atoms. The predicted molar refractivity (Wildman–Crippen MR) is 95.2 cm³/mol. The van der Waals surface area contributed by atoms with Crippen LogP contribution < -0.4 is 14.9 Å². The summed E-state index contributed by atoms with van der Waals surface area (Å²) in [7, 11) is 1.55. The van der Waals surface area contributed by atoms with Gasteiger partial charge in [0, 0.05) is 0 Å². The molecule has 0 atom stereocenters. The fourth-order valence-corrected chi connectivity index (χ4v) is 2.19. The fourth-order valence-electron chi connectivity index (χ4n) is 1.93. The maximum absolute atomic E-state index is 11.7. The summed E-state index contributed by atoms with van der Waals surface area (Å²) in [6, 6.07) is 10.9. The standard InChI is InChI=1S/C18H19ClN2O3/c1-12-4-6-15(8-13(12)2)24-11-18(22)21-20-10-14-5-7-17(23-3)16(19)9-14/h4-10H,11H2,1-3H3,(H,21,22)/b20-10-. The summed E-state index contributed by atoms with van der Waals surface area (Å²) in [5.41, 5.74) is 5.44. The number of carbonyl (C=O) groups is 1. The van der Waals surface area contributed by atoms with Crippen LogP contribution >= 0.6 is 11.6 Å². The molecule has 0 fully saturated rings. The van der Waals surface area contributed by atoms with E-state index in [1.165, 1.54) is 11.8 Å². The van der Waals surface area contributed by atoms with Crippen LogP contribution in [0.5, 0.6) is 11.5 Å². The van der Waals surface area contributed by atoms with Gasteiger partial charge in [-0.3, -0.25) is 4.79 Å². The van der Waals surface area contributed by atoms with E-state index in [2.05, 4.69) is 10.5 Å². The van der Waals surface area contributed by atoms with E-state index in [1.54, 1.807) is 25.3 Å². The zero-order chi connectivity index (χ0) is 17.5. The molecule has 0 radical (unpaired) electrons. The zero-order valence-electron chi connectivity index (χ0n) is 13.8. The highest BCUT2D eigenvalue weighted by Crippen LogP contribution is 2.24. The smallest absolute Gasteiger partial charge is 0.277 e. The lowest BCUT2D eigenvalue weighted by Crippen LogP contribution is -2.24. The first-order chi connectivity index (χ1) is 11.5. The Hall–Kier alpha value is -2.53. The Kier molecular flexibility index (Phi) is 6.21. The van der Waals surface area contributed by atoms with Crippen LogP contribution in [0.1, 0.15) is 16.7 Å². The van der Waals surface area contributed by atoms with Gasteiger partial charge in [-0.25, -0.2) is 5.43 Å². The average molecular weight is 347 g/mol. The normalized spacial score (nSPS) is 10.7. The number of carbonyl (C=O) groups excluding carboxylic acids is 1. The number of rotatable bonds is 6. The van der Waals surface area contributed by atoms with Crippen molar-refractivity contribution in [1.82, 2.24) is 5.43 Å². The highest BCUT2D eigenvalue weighted by atomic mass is 35.5. The number of hydrogen-bond donors (Lipinski definition) is 1. The maximum atomic E-state index is 11.7. The number of benzene rings is 2. The van der Waals surface area contributed by atoms with Crippen LogP contribution in [0, 0.1) is 13.8 Å². The number of amides is 1. The molecule has 1 amide bonds. The van der Waals surface area contributed by atoms with Gasteiger partial charge in [0.05, 0.1) is 18.3 Å². The fraction of sp³-hybridized carbons (Fsp3) is 0.222. The summed E-state index contributed by atoms with van der Waals surface area (Å²) in [5.74, 6) is 0.892. The number of hydrazone groups is 1. The Morgan fingerprint density at radius 3 is 2.67 bits per heavy atom. The van der Waals surface area contributed by atoms with Gasteiger partial charge in [-0.1, -0.05) is 17.7 Å². The topological polar surface area (TPSA) is 59.9 Å². The van der Waals surface area contributed by atoms with Crippen molar-refractivity contribution < 1.29 is 14.3 Å².